The average Bonchev–Trinajstić information content (AvgIpc) is 3.04. The summed E-state index contributed by atoms with van der Waals surface area (Å²) >= 11 is 0. The Balaban J connectivity index is 1.95. The molecular formula is C17H23N3O2. The minimum atomic E-state index is -0.204. The molecule has 22 heavy (non-hydrogen) atoms. The van der Waals surface area contributed by atoms with Gasteiger partial charge in [-0.15, -0.1) is 0 Å². The Labute approximate surface area is 131 Å². The lowest BCUT2D eigenvalue weighted by Crippen LogP contribution is -2.42. The highest BCUT2D eigenvalue weighted by Crippen LogP contribution is 2.19. The third-order valence-electron chi connectivity index (χ3n) is 3.79. The summed E-state index contributed by atoms with van der Waals surface area (Å²) in [6, 6.07) is 11.6. The van der Waals surface area contributed by atoms with Crippen LogP contribution in [0.25, 0.3) is 11.3 Å². The molecule has 5 heteroatoms. The van der Waals surface area contributed by atoms with Crippen LogP contribution in [0.4, 0.5) is 0 Å². The molecule has 1 N–H and O–H groups in total. The van der Waals surface area contributed by atoms with Gasteiger partial charge in [0.2, 0.25) is 0 Å². The zero-order valence-corrected chi connectivity index (χ0v) is 13.4. The number of carbonyl (C=O) groups is 1. The molecule has 0 spiro atoms. The number of carbonyl (C=O) groups excluding carboxylic acids is 1. The van der Waals surface area contributed by atoms with Crippen molar-refractivity contribution >= 4 is 5.91 Å². The number of benzene rings is 1. The van der Waals surface area contributed by atoms with Crippen molar-refractivity contribution in [2.45, 2.75) is 26.8 Å². The van der Waals surface area contributed by atoms with E-state index in [1.54, 1.807) is 6.07 Å². The molecule has 0 aliphatic carbocycles. The summed E-state index contributed by atoms with van der Waals surface area (Å²) in [5, 5.41) is 6.76. The zero-order chi connectivity index (χ0) is 15.9. The molecule has 0 saturated heterocycles. The van der Waals surface area contributed by atoms with Crippen LogP contribution in [-0.4, -0.2) is 41.6 Å². The Morgan fingerprint density at radius 1 is 1.27 bits per heavy atom. The van der Waals surface area contributed by atoms with Crippen LogP contribution in [0.15, 0.2) is 40.9 Å². The van der Waals surface area contributed by atoms with Gasteiger partial charge < -0.3 is 9.84 Å². The number of nitrogens with one attached hydrogen (secondary N) is 1. The van der Waals surface area contributed by atoms with Crippen LogP contribution in [0, 0.1) is 0 Å². The van der Waals surface area contributed by atoms with Crippen LogP contribution in [0.3, 0.4) is 0 Å². The third kappa shape index (κ3) is 3.95. The number of nitrogens with zero attached hydrogens (tertiary/aromatic N) is 2. The summed E-state index contributed by atoms with van der Waals surface area (Å²) < 4.78 is 5.25. The molecule has 0 fully saturated rings. The first-order valence-electron chi connectivity index (χ1n) is 7.70. The highest BCUT2D eigenvalue weighted by atomic mass is 16.5. The Morgan fingerprint density at radius 2 is 1.95 bits per heavy atom. The zero-order valence-electron chi connectivity index (χ0n) is 13.4. The first-order valence-corrected chi connectivity index (χ1v) is 7.70. The standard InChI is InChI=1S/C17H23N3O2/c1-4-20(5-2)13(3)12-18-17(21)15-11-16(22-19-15)14-9-7-6-8-10-14/h6-11,13H,4-5,12H2,1-3H3,(H,18,21). The second-order valence-electron chi connectivity index (χ2n) is 5.22. The normalized spacial score (nSPS) is 12.4. The summed E-state index contributed by atoms with van der Waals surface area (Å²) in [5.74, 6) is 0.396. The second-order valence-corrected chi connectivity index (χ2v) is 5.22. The fourth-order valence-electron chi connectivity index (χ4n) is 2.43. The molecule has 1 heterocycles. The van der Waals surface area contributed by atoms with E-state index in [9.17, 15) is 4.79 Å². The highest BCUT2D eigenvalue weighted by Gasteiger charge is 2.16. The van der Waals surface area contributed by atoms with Gasteiger partial charge in [0.25, 0.3) is 5.91 Å². The maximum atomic E-state index is 12.1. The fourth-order valence-corrected chi connectivity index (χ4v) is 2.43. The van der Waals surface area contributed by atoms with Crippen LogP contribution >= 0.6 is 0 Å². The summed E-state index contributed by atoms with van der Waals surface area (Å²) in [6.45, 7) is 8.86. The number of likely N-dealkylation sites (N-methyl/N-ethyl adjacent to an activating group) is 1. The number of hydrogen-bond acceptors (Lipinski definition) is 4. The van der Waals surface area contributed by atoms with Gasteiger partial charge in [-0.1, -0.05) is 49.3 Å². The van der Waals surface area contributed by atoms with Crippen molar-refractivity contribution in [3.05, 3.63) is 42.1 Å². The fraction of sp³-hybridized carbons (Fsp3) is 0.412. The van der Waals surface area contributed by atoms with Crippen molar-refractivity contribution in [2.24, 2.45) is 0 Å². The van der Waals surface area contributed by atoms with Gasteiger partial charge in [0.05, 0.1) is 0 Å². The van der Waals surface area contributed by atoms with Crippen molar-refractivity contribution in [3.63, 3.8) is 0 Å². The highest BCUT2D eigenvalue weighted by molar-refractivity contribution is 5.93. The van der Waals surface area contributed by atoms with Crippen molar-refractivity contribution in [2.75, 3.05) is 19.6 Å². The van der Waals surface area contributed by atoms with Gasteiger partial charge in [-0.25, -0.2) is 0 Å². The topological polar surface area (TPSA) is 58.4 Å². The van der Waals surface area contributed by atoms with Gasteiger partial charge in [0, 0.05) is 24.2 Å². The Hall–Kier alpha value is -2.14. The van der Waals surface area contributed by atoms with E-state index in [2.05, 4.69) is 36.1 Å². The van der Waals surface area contributed by atoms with E-state index in [0.29, 0.717) is 24.0 Å². The van der Waals surface area contributed by atoms with E-state index in [4.69, 9.17) is 4.52 Å². The molecule has 5 nitrogen and oxygen atoms in total. The molecule has 2 aromatic rings. The van der Waals surface area contributed by atoms with E-state index >= 15 is 0 Å². The molecule has 0 aliphatic rings. The van der Waals surface area contributed by atoms with Gasteiger partial charge in [-0.3, -0.25) is 9.69 Å². The molecular weight excluding hydrogens is 278 g/mol. The lowest BCUT2D eigenvalue weighted by molar-refractivity contribution is 0.0929. The average molecular weight is 301 g/mol. The maximum absolute atomic E-state index is 12.1. The van der Waals surface area contributed by atoms with Crippen LogP contribution in [0.1, 0.15) is 31.3 Å². The van der Waals surface area contributed by atoms with Crippen LogP contribution in [-0.2, 0) is 0 Å². The maximum Gasteiger partial charge on any atom is 0.273 e. The third-order valence-corrected chi connectivity index (χ3v) is 3.79. The molecule has 1 unspecified atom stereocenters. The lowest BCUT2D eigenvalue weighted by Gasteiger charge is -2.26. The Bertz CT molecular complexity index is 591. The van der Waals surface area contributed by atoms with Crippen molar-refractivity contribution in [1.82, 2.24) is 15.4 Å². The van der Waals surface area contributed by atoms with Crippen molar-refractivity contribution < 1.29 is 9.32 Å². The van der Waals surface area contributed by atoms with Gasteiger partial charge in [0.1, 0.15) is 0 Å². The first kappa shape index (κ1) is 16.2. The van der Waals surface area contributed by atoms with E-state index < -0.39 is 0 Å². The van der Waals surface area contributed by atoms with Crippen LogP contribution in [0.5, 0.6) is 0 Å². The molecule has 0 radical (unpaired) electrons. The summed E-state index contributed by atoms with van der Waals surface area (Å²) in [4.78, 5) is 14.4. The van der Waals surface area contributed by atoms with Gasteiger partial charge >= 0.3 is 0 Å². The Morgan fingerprint density at radius 3 is 2.59 bits per heavy atom. The molecule has 0 bridgehead atoms. The predicted octanol–water partition coefficient (Wildman–Crippen LogP) is 2.80. The Kier molecular flexibility index (Phi) is 5.72. The molecule has 1 aromatic carbocycles. The first-order chi connectivity index (χ1) is 10.7. The number of hydrogen-bond donors (Lipinski definition) is 1. The van der Waals surface area contributed by atoms with E-state index in [1.165, 1.54) is 0 Å². The van der Waals surface area contributed by atoms with E-state index in [1.807, 2.05) is 30.3 Å². The molecule has 0 aliphatic heterocycles. The quantitative estimate of drug-likeness (QED) is 0.854. The summed E-state index contributed by atoms with van der Waals surface area (Å²) in [6.07, 6.45) is 0. The number of aromatic nitrogens is 1. The smallest absolute Gasteiger partial charge is 0.273 e. The molecule has 118 valence electrons. The minimum absolute atomic E-state index is 0.204. The van der Waals surface area contributed by atoms with Crippen LogP contribution in [0.2, 0.25) is 0 Å². The largest absolute Gasteiger partial charge is 0.355 e. The summed E-state index contributed by atoms with van der Waals surface area (Å²) in [5.41, 5.74) is 1.22. The van der Waals surface area contributed by atoms with Crippen molar-refractivity contribution in [3.8, 4) is 11.3 Å². The number of rotatable bonds is 7. The van der Waals surface area contributed by atoms with Crippen molar-refractivity contribution in [1.29, 1.82) is 0 Å². The van der Waals surface area contributed by atoms with Gasteiger partial charge in [-0.05, 0) is 20.0 Å². The molecule has 1 aromatic heterocycles. The predicted molar refractivity (Wildman–Crippen MR) is 86.7 cm³/mol. The second kappa shape index (κ2) is 7.75. The summed E-state index contributed by atoms with van der Waals surface area (Å²) in [7, 11) is 0. The van der Waals surface area contributed by atoms with Gasteiger partial charge in [-0.2, -0.15) is 0 Å². The monoisotopic (exact) mass is 301 g/mol. The molecule has 1 atom stereocenters. The van der Waals surface area contributed by atoms with Gasteiger partial charge in [0.15, 0.2) is 11.5 Å². The lowest BCUT2D eigenvalue weighted by atomic mass is 10.1. The SMILES string of the molecule is CCN(CC)C(C)CNC(=O)c1cc(-c2ccccc2)on1. The number of amides is 1. The molecule has 1 amide bonds. The molecule has 0 saturated carbocycles. The van der Waals surface area contributed by atoms with E-state index in [0.717, 1.165) is 18.7 Å². The minimum Gasteiger partial charge on any atom is -0.355 e. The molecule has 2 rings (SSSR count). The van der Waals surface area contributed by atoms with Crippen LogP contribution < -0.4 is 5.32 Å². The van der Waals surface area contributed by atoms with E-state index in [-0.39, 0.29) is 5.91 Å².